The van der Waals surface area contributed by atoms with Crippen molar-refractivity contribution in [2.75, 3.05) is 13.1 Å². The third-order valence-corrected chi connectivity index (χ3v) is 4.28. The van der Waals surface area contributed by atoms with Crippen molar-refractivity contribution in [2.45, 2.75) is 19.8 Å². The predicted molar refractivity (Wildman–Crippen MR) is 77.6 cm³/mol. The van der Waals surface area contributed by atoms with E-state index < -0.39 is 0 Å². The minimum atomic E-state index is -0.381. The molecule has 20 heavy (non-hydrogen) atoms. The molecule has 1 aliphatic rings. The van der Waals surface area contributed by atoms with Gasteiger partial charge in [0.15, 0.2) is 0 Å². The second-order valence-electron chi connectivity index (χ2n) is 4.82. The fraction of sp³-hybridized carbons (Fsp3) is 0.429. The maximum atomic E-state index is 13.1. The van der Waals surface area contributed by atoms with E-state index in [1.807, 2.05) is 6.92 Å². The van der Waals surface area contributed by atoms with Crippen molar-refractivity contribution in [1.82, 2.24) is 4.90 Å². The highest BCUT2D eigenvalue weighted by molar-refractivity contribution is 9.10. The van der Waals surface area contributed by atoms with Gasteiger partial charge in [0.1, 0.15) is 5.82 Å². The quantitative estimate of drug-likeness (QED) is 0.662. The van der Waals surface area contributed by atoms with Crippen molar-refractivity contribution >= 4 is 27.5 Å². The van der Waals surface area contributed by atoms with Crippen molar-refractivity contribution in [3.63, 3.8) is 0 Å². The highest BCUT2D eigenvalue weighted by atomic mass is 79.9. The molecule has 4 nitrogen and oxygen atoms in total. The lowest BCUT2D eigenvalue weighted by atomic mass is 9.93. The first-order chi connectivity index (χ1) is 9.56. The maximum Gasteiger partial charge on any atom is 0.255 e. The van der Waals surface area contributed by atoms with Gasteiger partial charge < -0.3 is 10.1 Å². The summed E-state index contributed by atoms with van der Waals surface area (Å²) >= 11 is 3.22. The van der Waals surface area contributed by atoms with Crippen LogP contribution in [0.25, 0.3) is 0 Å². The largest absolute Gasteiger partial charge is 0.411 e. The zero-order valence-electron chi connectivity index (χ0n) is 11.1. The lowest BCUT2D eigenvalue weighted by Crippen LogP contribution is -2.44. The van der Waals surface area contributed by atoms with E-state index in [1.54, 1.807) is 4.90 Å². The van der Waals surface area contributed by atoms with Crippen molar-refractivity contribution in [1.29, 1.82) is 0 Å². The Morgan fingerprint density at radius 3 is 2.95 bits per heavy atom. The third-order valence-electron chi connectivity index (χ3n) is 3.62. The van der Waals surface area contributed by atoms with E-state index in [9.17, 15) is 9.18 Å². The number of likely N-dealkylation sites (tertiary alicyclic amines) is 1. The van der Waals surface area contributed by atoms with Gasteiger partial charge in [0.25, 0.3) is 5.91 Å². The molecule has 0 saturated carbocycles. The Labute approximate surface area is 125 Å². The highest BCUT2D eigenvalue weighted by Gasteiger charge is 2.29. The van der Waals surface area contributed by atoms with Gasteiger partial charge >= 0.3 is 0 Å². The predicted octanol–water partition coefficient (Wildman–Crippen LogP) is 3.29. The normalized spacial score (nSPS) is 21.2. The average molecular weight is 343 g/mol. The van der Waals surface area contributed by atoms with Gasteiger partial charge in [-0.25, -0.2) is 4.39 Å². The first kappa shape index (κ1) is 15.0. The maximum absolute atomic E-state index is 13.1. The summed E-state index contributed by atoms with van der Waals surface area (Å²) in [5.41, 5.74) is 1.19. The van der Waals surface area contributed by atoms with Crippen molar-refractivity contribution in [3.8, 4) is 0 Å². The van der Waals surface area contributed by atoms with Crippen molar-refractivity contribution < 1.29 is 14.4 Å². The molecule has 6 heteroatoms. The van der Waals surface area contributed by atoms with Crippen LogP contribution in [-0.4, -0.2) is 34.8 Å². The molecule has 0 bridgehead atoms. The van der Waals surface area contributed by atoms with Crippen LogP contribution in [0.2, 0.25) is 0 Å². The Balaban J connectivity index is 2.18. The molecule has 1 aromatic carbocycles. The van der Waals surface area contributed by atoms with E-state index in [0.717, 1.165) is 12.1 Å². The summed E-state index contributed by atoms with van der Waals surface area (Å²) in [5, 5.41) is 12.3. The van der Waals surface area contributed by atoms with Crippen molar-refractivity contribution in [3.05, 3.63) is 34.1 Å². The topological polar surface area (TPSA) is 52.9 Å². The third kappa shape index (κ3) is 3.00. The molecule has 1 N–H and O–H groups in total. The Hall–Kier alpha value is -1.43. The van der Waals surface area contributed by atoms with Gasteiger partial charge in [0.05, 0.1) is 11.3 Å². The monoisotopic (exact) mass is 342 g/mol. The second kappa shape index (κ2) is 6.35. The SMILES string of the molecule is CCC1CN(C(=O)c2ccc(F)cc2Br)CC/C1=N\O. The van der Waals surface area contributed by atoms with Crippen LogP contribution < -0.4 is 0 Å². The van der Waals surface area contributed by atoms with Crippen LogP contribution in [0.3, 0.4) is 0 Å². The van der Waals surface area contributed by atoms with E-state index in [0.29, 0.717) is 29.5 Å². The molecule has 0 radical (unpaired) electrons. The van der Waals surface area contributed by atoms with Gasteiger partial charge in [0, 0.05) is 29.9 Å². The molecule has 1 amide bonds. The fourth-order valence-corrected chi connectivity index (χ4v) is 2.95. The number of hydrogen-bond donors (Lipinski definition) is 1. The number of carbonyl (C=O) groups is 1. The van der Waals surface area contributed by atoms with Crippen LogP contribution in [0.15, 0.2) is 27.8 Å². The van der Waals surface area contributed by atoms with Gasteiger partial charge in [-0.3, -0.25) is 4.79 Å². The average Bonchev–Trinajstić information content (AvgIpc) is 2.45. The Morgan fingerprint density at radius 1 is 1.60 bits per heavy atom. The van der Waals surface area contributed by atoms with Crippen LogP contribution >= 0.6 is 15.9 Å². The number of hydrogen-bond acceptors (Lipinski definition) is 3. The molecule has 1 saturated heterocycles. The first-order valence-electron chi connectivity index (χ1n) is 6.52. The summed E-state index contributed by atoms with van der Waals surface area (Å²) in [4.78, 5) is 14.2. The Bertz CT molecular complexity index is 548. The highest BCUT2D eigenvalue weighted by Crippen LogP contribution is 2.23. The van der Waals surface area contributed by atoms with Gasteiger partial charge in [-0.05, 0) is 40.5 Å². The molecular formula is C14H16BrFN2O2. The molecule has 0 spiro atoms. The first-order valence-corrected chi connectivity index (χ1v) is 7.31. The van der Waals surface area contributed by atoms with E-state index >= 15 is 0 Å². The number of carbonyl (C=O) groups excluding carboxylic acids is 1. The molecule has 0 aromatic heterocycles. The van der Waals surface area contributed by atoms with Gasteiger partial charge in [-0.15, -0.1) is 0 Å². The zero-order chi connectivity index (χ0) is 14.7. The molecule has 2 rings (SSSR count). The standard InChI is InChI=1S/C14H16BrFN2O2/c1-2-9-8-18(6-5-13(9)17-20)14(19)11-4-3-10(16)7-12(11)15/h3-4,7,9,20H,2,5-6,8H2,1H3/b17-13+. The van der Waals surface area contributed by atoms with Crippen molar-refractivity contribution in [2.24, 2.45) is 11.1 Å². The number of rotatable bonds is 2. The van der Waals surface area contributed by atoms with Crippen LogP contribution in [0, 0.1) is 11.7 Å². The lowest BCUT2D eigenvalue weighted by molar-refractivity contribution is 0.0728. The summed E-state index contributed by atoms with van der Waals surface area (Å²) in [6.07, 6.45) is 1.38. The van der Waals surface area contributed by atoms with Crippen LogP contribution in [0.4, 0.5) is 4.39 Å². The van der Waals surface area contributed by atoms with Gasteiger partial charge in [0.2, 0.25) is 0 Å². The number of nitrogens with zero attached hydrogens (tertiary/aromatic N) is 2. The molecule has 1 unspecified atom stereocenters. The smallest absolute Gasteiger partial charge is 0.255 e. The van der Waals surface area contributed by atoms with E-state index in [4.69, 9.17) is 5.21 Å². The molecular weight excluding hydrogens is 327 g/mol. The van der Waals surface area contributed by atoms with E-state index in [-0.39, 0.29) is 17.6 Å². The minimum Gasteiger partial charge on any atom is -0.411 e. The molecule has 1 heterocycles. The number of benzene rings is 1. The van der Waals surface area contributed by atoms with Gasteiger partial charge in [-0.1, -0.05) is 12.1 Å². The number of halogens is 2. The van der Waals surface area contributed by atoms with Crippen LogP contribution in [0.1, 0.15) is 30.1 Å². The Kier molecular flexibility index (Phi) is 4.75. The number of piperidine rings is 1. The van der Waals surface area contributed by atoms with Crippen LogP contribution in [-0.2, 0) is 0 Å². The summed E-state index contributed by atoms with van der Waals surface area (Å²) in [7, 11) is 0. The fourth-order valence-electron chi connectivity index (χ4n) is 2.43. The summed E-state index contributed by atoms with van der Waals surface area (Å²) in [6, 6.07) is 4.05. The lowest BCUT2D eigenvalue weighted by Gasteiger charge is -2.33. The zero-order valence-corrected chi connectivity index (χ0v) is 12.7. The minimum absolute atomic E-state index is 0.0805. The van der Waals surface area contributed by atoms with E-state index in [1.165, 1.54) is 18.2 Å². The van der Waals surface area contributed by atoms with E-state index in [2.05, 4.69) is 21.1 Å². The molecule has 1 aliphatic heterocycles. The molecule has 1 fully saturated rings. The molecule has 0 aliphatic carbocycles. The molecule has 1 aromatic rings. The molecule has 108 valence electrons. The number of amides is 1. The summed E-state index contributed by atoms with van der Waals surface area (Å²) in [6.45, 7) is 3.04. The number of oxime groups is 1. The second-order valence-corrected chi connectivity index (χ2v) is 5.68. The summed E-state index contributed by atoms with van der Waals surface area (Å²) < 4.78 is 13.5. The van der Waals surface area contributed by atoms with Crippen LogP contribution in [0.5, 0.6) is 0 Å². The Morgan fingerprint density at radius 2 is 2.35 bits per heavy atom. The van der Waals surface area contributed by atoms with Gasteiger partial charge in [-0.2, -0.15) is 0 Å². The summed E-state index contributed by atoms with van der Waals surface area (Å²) in [5.74, 6) is -0.433. The molecule has 1 atom stereocenters.